The zero-order valence-electron chi connectivity index (χ0n) is 16.1. The number of carbonyl (C=O) groups excluding carboxylic acids is 1. The first-order valence-electron chi connectivity index (χ1n) is 9.35. The molecule has 0 bridgehead atoms. The fourth-order valence-corrected chi connectivity index (χ4v) is 5.10. The van der Waals surface area contributed by atoms with Gasteiger partial charge in [0.05, 0.1) is 23.9 Å². The van der Waals surface area contributed by atoms with E-state index in [9.17, 15) is 13.2 Å². The number of methoxy groups -OCH3 is 1. The van der Waals surface area contributed by atoms with Crippen LogP contribution in [0, 0.1) is 0 Å². The molecule has 0 atom stereocenters. The van der Waals surface area contributed by atoms with Crippen LogP contribution in [0.1, 0.15) is 30.1 Å². The largest absolute Gasteiger partial charge is 0.497 e. The Kier molecular flexibility index (Phi) is 6.24. The predicted octanol–water partition coefficient (Wildman–Crippen LogP) is 3.17. The molecule has 0 saturated carbocycles. The van der Waals surface area contributed by atoms with Crippen LogP contribution in [-0.2, 0) is 9.84 Å². The summed E-state index contributed by atoms with van der Waals surface area (Å²) in [6.45, 7) is 3.32. The van der Waals surface area contributed by atoms with Gasteiger partial charge in [0, 0.05) is 18.7 Å². The number of amides is 1. The minimum absolute atomic E-state index is 0.0802. The van der Waals surface area contributed by atoms with E-state index >= 15 is 0 Å². The Hall–Kier alpha value is -2.54. The van der Waals surface area contributed by atoms with Gasteiger partial charge in [-0.3, -0.25) is 4.79 Å². The molecule has 2 aromatic carbocycles. The summed E-state index contributed by atoms with van der Waals surface area (Å²) in [4.78, 5) is 14.7. The SMILES string of the molecule is CCOc1ccc(C(=O)N2CCC(S(=O)(=O)c3ccc(OC)cc3)CC2)cc1. The first kappa shape index (κ1) is 20.2. The molecule has 0 aromatic heterocycles. The normalized spacial score (nSPS) is 15.3. The standard InChI is InChI=1S/C21H25NO5S/c1-3-27-18-6-4-16(5-7-18)21(23)22-14-12-20(13-15-22)28(24,25)19-10-8-17(26-2)9-11-19/h4-11,20H,3,12-15H2,1-2H3. The lowest BCUT2D eigenvalue weighted by atomic mass is 10.1. The molecule has 1 saturated heterocycles. The number of rotatable bonds is 6. The Balaban J connectivity index is 1.63. The van der Waals surface area contributed by atoms with E-state index in [0.717, 1.165) is 5.75 Å². The van der Waals surface area contributed by atoms with Crippen molar-refractivity contribution in [2.45, 2.75) is 29.9 Å². The fraction of sp³-hybridized carbons (Fsp3) is 0.381. The van der Waals surface area contributed by atoms with Gasteiger partial charge in [-0.1, -0.05) is 0 Å². The highest BCUT2D eigenvalue weighted by Gasteiger charge is 2.33. The quantitative estimate of drug-likeness (QED) is 0.741. The number of piperidine rings is 1. The second-order valence-corrected chi connectivity index (χ2v) is 8.90. The van der Waals surface area contributed by atoms with E-state index in [1.807, 2.05) is 6.92 Å². The highest BCUT2D eigenvalue weighted by atomic mass is 32.2. The summed E-state index contributed by atoms with van der Waals surface area (Å²) in [5.41, 5.74) is 0.583. The van der Waals surface area contributed by atoms with Crippen molar-refractivity contribution in [1.29, 1.82) is 0 Å². The summed E-state index contributed by atoms with van der Waals surface area (Å²) in [6, 6.07) is 13.5. The second-order valence-electron chi connectivity index (χ2n) is 6.67. The van der Waals surface area contributed by atoms with Crippen LogP contribution in [0.25, 0.3) is 0 Å². The van der Waals surface area contributed by atoms with Crippen LogP contribution in [0.5, 0.6) is 11.5 Å². The summed E-state index contributed by atoms with van der Waals surface area (Å²) in [6.07, 6.45) is 0.855. The summed E-state index contributed by atoms with van der Waals surface area (Å²) in [5, 5.41) is -0.481. The maximum absolute atomic E-state index is 12.9. The van der Waals surface area contributed by atoms with Gasteiger partial charge in [0.15, 0.2) is 9.84 Å². The Morgan fingerprint density at radius 3 is 2.11 bits per heavy atom. The Morgan fingerprint density at radius 1 is 1.00 bits per heavy atom. The van der Waals surface area contributed by atoms with E-state index in [4.69, 9.17) is 9.47 Å². The third-order valence-corrected chi connectivity index (χ3v) is 7.25. The second kappa shape index (κ2) is 8.65. The number of likely N-dealkylation sites (tertiary alicyclic amines) is 1. The van der Waals surface area contributed by atoms with Crippen molar-refractivity contribution in [3.63, 3.8) is 0 Å². The summed E-state index contributed by atoms with van der Waals surface area (Å²) >= 11 is 0. The number of hydrogen-bond acceptors (Lipinski definition) is 5. The third kappa shape index (κ3) is 4.30. The molecule has 0 N–H and O–H groups in total. The minimum Gasteiger partial charge on any atom is -0.497 e. The first-order chi connectivity index (χ1) is 13.5. The first-order valence-corrected chi connectivity index (χ1v) is 10.9. The van der Waals surface area contributed by atoms with Gasteiger partial charge in [-0.15, -0.1) is 0 Å². The molecule has 0 radical (unpaired) electrons. The Labute approximate surface area is 166 Å². The van der Waals surface area contributed by atoms with E-state index in [1.165, 1.54) is 0 Å². The van der Waals surface area contributed by atoms with Gasteiger partial charge in [-0.2, -0.15) is 0 Å². The van der Waals surface area contributed by atoms with Crippen molar-refractivity contribution in [3.8, 4) is 11.5 Å². The Morgan fingerprint density at radius 2 is 1.57 bits per heavy atom. The molecule has 6 nitrogen and oxygen atoms in total. The number of benzene rings is 2. The molecule has 1 heterocycles. The zero-order chi connectivity index (χ0) is 20.1. The van der Waals surface area contributed by atoms with Crippen LogP contribution in [0.4, 0.5) is 0 Å². The molecule has 1 aliphatic rings. The van der Waals surface area contributed by atoms with E-state index in [0.29, 0.717) is 48.7 Å². The molecule has 7 heteroatoms. The summed E-state index contributed by atoms with van der Waals surface area (Å²) < 4.78 is 36.2. The smallest absolute Gasteiger partial charge is 0.253 e. The molecule has 0 unspecified atom stereocenters. The molecule has 1 fully saturated rings. The maximum Gasteiger partial charge on any atom is 0.253 e. The minimum atomic E-state index is -3.42. The van der Waals surface area contributed by atoms with Crippen LogP contribution in [0.3, 0.4) is 0 Å². The number of ether oxygens (including phenoxy) is 2. The van der Waals surface area contributed by atoms with Crippen molar-refractivity contribution in [3.05, 3.63) is 54.1 Å². The van der Waals surface area contributed by atoms with Crippen molar-refractivity contribution >= 4 is 15.7 Å². The van der Waals surface area contributed by atoms with Gasteiger partial charge >= 0.3 is 0 Å². The monoisotopic (exact) mass is 403 g/mol. The number of hydrogen-bond donors (Lipinski definition) is 0. The molecule has 3 rings (SSSR count). The van der Waals surface area contributed by atoms with Crippen molar-refractivity contribution in [1.82, 2.24) is 4.90 Å². The number of carbonyl (C=O) groups is 1. The predicted molar refractivity (Wildman–Crippen MR) is 107 cm³/mol. The molecule has 2 aromatic rings. The molecule has 0 spiro atoms. The van der Waals surface area contributed by atoms with Crippen LogP contribution in [0.2, 0.25) is 0 Å². The molecule has 1 amide bonds. The highest BCUT2D eigenvalue weighted by molar-refractivity contribution is 7.92. The summed E-state index contributed by atoms with van der Waals surface area (Å²) in [7, 11) is -1.88. The van der Waals surface area contributed by atoms with Gasteiger partial charge < -0.3 is 14.4 Å². The third-order valence-electron chi connectivity index (χ3n) is 4.97. The topological polar surface area (TPSA) is 72.9 Å². The van der Waals surface area contributed by atoms with Gasteiger partial charge in [0.2, 0.25) is 0 Å². The van der Waals surface area contributed by atoms with Gasteiger partial charge in [-0.05, 0) is 68.3 Å². The number of sulfone groups is 1. The van der Waals surface area contributed by atoms with E-state index in [1.54, 1.807) is 60.5 Å². The lowest BCUT2D eigenvalue weighted by Gasteiger charge is -2.32. The average molecular weight is 404 g/mol. The van der Waals surface area contributed by atoms with Gasteiger partial charge in [-0.25, -0.2) is 8.42 Å². The lowest BCUT2D eigenvalue weighted by molar-refractivity contribution is 0.0725. The average Bonchev–Trinajstić information content (AvgIpc) is 2.74. The van der Waals surface area contributed by atoms with Crippen molar-refractivity contribution in [2.24, 2.45) is 0 Å². The van der Waals surface area contributed by atoms with Crippen molar-refractivity contribution in [2.75, 3.05) is 26.8 Å². The summed E-state index contributed by atoms with van der Waals surface area (Å²) in [5.74, 6) is 1.27. The van der Waals surface area contributed by atoms with Gasteiger partial charge in [0.25, 0.3) is 5.91 Å². The maximum atomic E-state index is 12.9. The van der Waals surface area contributed by atoms with Crippen molar-refractivity contribution < 1.29 is 22.7 Å². The molecular formula is C21H25NO5S. The van der Waals surface area contributed by atoms with Crippen LogP contribution in [0.15, 0.2) is 53.4 Å². The van der Waals surface area contributed by atoms with Crippen LogP contribution < -0.4 is 9.47 Å². The zero-order valence-corrected chi connectivity index (χ0v) is 16.9. The number of nitrogens with zero attached hydrogens (tertiary/aromatic N) is 1. The molecule has 28 heavy (non-hydrogen) atoms. The van der Waals surface area contributed by atoms with Crippen LogP contribution >= 0.6 is 0 Å². The van der Waals surface area contributed by atoms with E-state index in [2.05, 4.69) is 0 Å². The van der Waals surface area contributed by atoms with Crippen LogP contribution in [-0.4, -0.2) is 51.3 Å². The Bertz CT molecular complexity index is 899. The molecule has 150 valence electrons. The van der Waals surface area contributed by atoms with E-state index in [-0.39, 0.29) is 5.91 Å². The fourth-order valence-electron chi connectivity index (χ4n) is 3.37. The van der Waals surface area contributed by atoms with Gasteiger partial charge in [0.1, 0.15) is 11.5 Å². The molecule has 1 aliphatic heterocycles. The molecular weight excluding hydrogens is 378 g/mol. The van der Waals surface area contributed by atoms with E-state index < -0.39 is 15.1 Å². The highest BCUT2D eigenvalue weighted by Crippen LogP contribution is 2.27. The lowest BCUT2D eigenvalue weighted by Crippen LogP contribution is -2.42. The molecule has 0 aliphatic carbocycles.